The summed E-state index contributed by atoms with van der Waals surface area (Å²) in [6, 6.07) is 31.4. The smallest absolute Gasteiger partial charge is 0.130 e. The first-order chi connectivity index (χ1) is 11.7. The zero-order valence-corrected chi connectivity index (χ0v) is 15.2. The molecular weight excluding hydrogens is 311 g/mol. The summed E-state index contributed by atoms with van der Waals surface area (Å²) in [5.74, 6) is 0.258. The number of aryl methyl sites for hydroxylation is 1. The van der Waals surface area contributed by atoms with Gasteiger partial charge in [-0.05, 0) is 43.2 Å². The first-order valence-corrected chi connectivity index (χ1v) is 9.38. The molecule has 0 unspecified atom stereocenters. The van der Waals surface area contributed by atoms with Crippen LogP contribution in [0.1, 0.15) is 18.9 Å². The summed E-state index contributed by atoms with van der Waals surface area (Å²) in [6.07, 6.45) is 1.53. The topological polar surface area (TPSA) is 17.1 Å². The molecule has 0 spiro atoms. The lowest BCUT2D eigenvalue weighted by Gasteiger charge is -1.96. The molecule has 0 bridgehead atoms. The lowest BCUT2D eigenvalue weighted by atomic mass is 10.1. The van der Waals surface area contributed by atoms with Crippen molar-refractivity contribution in [2.45, 2.75) is 19.8 Å². The standard InChI is InChI=1S/C12H11P.C10H12O/c1-3-7-11(8-4-1)13-12-9-5-2-6-10-12;1-9(11)7-8-10-5-3-2-4-6-10/h1-10,13H;2-6H,7-8H2,1H3/p+1. The molecule has 0 aliphatic carbocycles. The summed E-state index contributed by atoms with van der Waals surface area (Å²) in [5.41, 5.74) is 1.24. The summed E-state index contributed by atoms with van der Waals surface area (Å²) >= 11 is 0. The van der Waals surface area contributed by atoms with E-state index in [1.807, 2.05) is 30.3 Å². The third kappa shape index (κ3) is 7.35. The van der Waals surface area contributed by atoms with Gasteiger partial charge in [0.1, 0.15) is 5.78 Å². The Kier molecular flexibility index (Phi) is 7.93. The number of hydrogen-bond acceptors (Lipinski definition) is 1. The second-order valence-corrected chi connectivity index (χ2v) is 7.28. The highest BCUT2D eigenvalue weighted by Crippen LogP contribution is 2.08. The Labute approximate surface area is 146 Å². The average Bonchev–Trinajstić information content (AvgIpc) is 2.63. The van der Waals surface area contributed by atoms with Crippen LogP contribution in [0.2, 0.25) is 0 Å². The predicted octanol–water partition coefficient (Wildman–Crippen LogP) is 4.26. The molecule has 0 aliphatic rings. The van der Waals surface area contributed by atoms with Crippen molar-refractivity contribution in [3.8, 4) is 0 Å². The minimum absolute atomic E-state index is 0.258. The molecule has 1 nitrogen and oxygen atoms in total. The lowest BCUT2D eigenvalue weighted by Crippen LogP contribution is -2.01. The predicted molar refractivity (Wildman–Crippen MR) is 107 cm³/mol. The molecule has 0 heterocycles. The molecule has 0 aliphatic heterocycles. The highest BCUT2D eigenvalue weighted by Gasteiger charge is 2.00. The van der Waals surface area contributed by atoms with Crippen molar-refractivity contribution in [2.75, 3.05) is 0 Å². The van der Waals surface area contributed by atoms with Gasteiger partial charge < -0.3 is 4.79 Å². The lowest BCUT2D eigenvalue weighted by molar-refractivity contribution is -0.116. The molecule has 3 aromatic rings. The van der Waals surface area contributed by atoms with Crippen molar-refractivity contribution in [1.29, 1.82) is 0 Å². The number of hydrogen-bond donors (Lipinski definition) is 0. The molecule has 2 heteroatoms. The Morgan fingerprint density at radius 1 is 0.708 bits per heavy atom. The normalized spacial score (nSPS) is 9.71. The number of carbonyl (C=O) groups is 1. The SMILES string of the molecule is CC(=O)CCc1ccccc1.c1ccc([PH2+]c2ccccc2)cc1. The highest BCUT2D eigenvalue weighted by molar-refractivity contribution is 7.55. The first kappa shape index (κ1) is 18.1. The number of benzene rings is 3. The molecule has 0 fully saturated rings. The summed E-state index contributed by atoms with van der Waals surface area (Å²) in [5, 5.41) is 2.90. The Morgan fingerprint density at radius 2 is 1.12 bits per heavy atom. The van der Waals surface area contributed by atoms with E-state index in [9.17, 15) is 4.79 Å². The van der Waals surface area contributed by atoms with Crippen LogP contribution in [-0.2, 0) is 11.2 Å². The van der Waals surface area contributed by atoms with E-state index in [0.717, 1.165) is 6.42 Å². The second-order valence-electron chi connectivity index (χ2n) is 5.65. The average molecular weight is 335 g/mol. The quantitative estimate of drug-likeness (QED) is 0.637. The van der Waals surface area contributed by atoms with Crippen LogP contribution in [0.15, 0.2) is 91.0 Å². The Bertz CT molecular complexity index is 671. The maximum Gasteiger partial charge on any atom is 0.130 e. The van der Waals surface area contributed by atoms with Gasteiger partial charge in [-0.1, -0.05) is 66.7 Å². The molecular formula is C22H24OP+. The zero-order valence-electron chi connectivity index (χ0n) is 14.1. The van der Waals surface area contributed by atoms with Crippen LogP contribution in [0.4, 0.5) is 0 Å². The van der Waals surface area contributed by atoms with E-state index < -0.39 is 0 Å². The van der Waals surface area contributed by atoms with Gasteiger partial charge >= 0.3 is 0 Å². The van der Waals surface area contributed by atoms with Crippen LogP contribution in [0.25, 0.3) is 0 Å². The number of rotatable bonds is 5. The molecule has 0 radical (unpaired) electrons. The van der Waals surface area contributed by atoms with Crippen molar-refractivity contribution < 1.29 is 4.79 Å². The molecule has 122 valence electrons. The number of carbonyl (C=O) groups excluding carboxylic acids is 1. The molecule has 0 N–H and O–H groups in total. The second kappa shape index (κ2) is 10.5. The van der Waals surface area contributed by atoms with Gasteiger partial charge in [0.15, 0.2) is 0 Å². The molecule has 24 heavy (non-hydrogen) atoms. The van der Waals surface area contributed by atoms with Crippen LogP contribution in [0.5, 0.6) is 0 Å². The van der Waals surface area contributed by atoms with Gasteiger partial charge in [-0.25, -0.2) is 0 Å². The largest absolute Gasteiger partial charge is 0.300 e. The van der Waals surface area contributed by atoms with Gasteiger partial charge in [0.25, 0.3) is 0 Å². The van der Waals surface area contributed by atoms with Crippen LogP contribution in [0.3, 0.4) is 0 Å². The molecule has 0 saturated heterocycles. The number of Topliss-reactive ketones (excluding diaryl/α,β-unsaturated/α-hetero) is 1. The van der Waals surface area contributed by atoms with Gasteiger partial charge in [0.05, 0.1) is 19.2 Å². The summed E-state index contributed by atoms with van der Waals surface area (Å²) in [7, 11) is 0.271. The fraction of sp³-hybridized carbons (Fsp3) is 0.136. The minimum atomic E-state index is 0.258. The molecule has 3 aromatic carbocycles. The molecule has 0 amide bonds. The van der Waals surface area contributed by atoms with Gasteiger partial charge in [0.2, 0.25) is 0 Å². The van der Waals surface area contributed by atoms with Crippen molar-refractivity contribution in [1.82, 2.24) is 0 Å². The fourth-order valence-corrected chi connectivity index (χ4v) is 3.47. The third-order valence-electron chi connectivity index (χ3n) is 3.54. The van der Waals surface area contributed by atoms with Crippen molar-refractivity contribution in [3.05, 3.63) is 96.6 Å². The van der Waals surface area contributed by atoms with Gasteiger partial charge in [-0.15, -0.1) is 0 Å². The molecule has 0 saturated carbocycles. The zero-order chi connectivity index (χ0) is 17.0. The monoisotopic (exact) mass is 335 g/mol. The minimum Gasteiger partial charge on any atom is -0.300 e. The summed E-state index contributed by atoms with van der Waals surface area (Å²) in [4.78, 5) is 10.6. The van der Waals surface area contributed by atoms with E-state index in [-0.39, 0.29) is 14.4 Å². The van der Waals surface area contributed by atoms with E-state index in [0.29, 0.717) is 6.42 Å². The van der Waals surface area contributed by atoms with E-state index >= 15 is 0 Å². The van der Waals surface area contributed by atoms with Gasteiger partial charge in [0, 0.05) is 6.42 Å². The van der Waals surface area contributed by atoms with Gasteiger partial charge in [-0.3, -0.25) is 0 Å². The van der Waals surface area contributed by atoms with Crippen LogP contribution in [0, 0.1) is 0 Å². The number of ketones is 1. The van der Waals surface area contributed by atoms with Crippen LogP contribution in [-0.4, -0.2) is 5.78 Å². The van der Waals surface area contributed by atoms with Crippen molar-refractivity contribution in [2.24, 2.45) is 0 Å². The maximum atomic E-state index is 10.6. The van der Waals surface area contributed by atoms with Crippen LogP contribution < -0.4 is 10.6 Å². The summed E-state index contributed by atoms with van der Waals surface area (Å²) < 4.78 is 0. The van der Waals surface area contributed by atoms with E-state index in [4.69, 9.17) is 0 Å². The Hall–Kier alpha value is -2.24. The van der Waals surface area contributed by atoms with E-state index in [1.54, 1.807) is 6.92 Å². The molecule has 0 aromatic heterocycles. The van der Waals surface area contributed by atoms with E-state index in [1.165, 1.54) is 16.2 Å². The Balaban J connectivity index is 0.000000177. The summed E-state index contributed by atoms with van der Waals surface area (Å²) in [6.45, 7) is 1.63. The van der Waals surface area contributed by atoms with Crippen molar-refractivity contribution >= 4 is 25.0 Å². The highest BCUT2D eigenvalue weighted by atomic mass is 31.1. The molecule has 3 rings (SSSR count). The third-order valence-corrected chi connectivity index (χ3v) is 4.98. The molecule has 0 atom stereocenters. The van der Waals surface area contributed by atoms with Gasteiger partial charge in [-0.2, -0.15) is 0 Å². The first-order valence-electron chi connectivity index (χ1n) is 8.22. The van der Waals surface area contributed by atoms with Crippen LogP contribution >= 0.6 is 8.58 Å². The fourth-order valence-electron chi connectivity index (χ4n) is 2.26. The van der Waals surface area contributed by atoms with Crippen molar-refractivity contribution in [3.63, 3.8) is 0 Å². The maximum absolute atomic E-state index is 10.6. The Morgan fingerprint density at radius 3 is 1.54 bits per heavy atom. The van der Waals surface area contributed by atoms with E-state index in [2.05, 4.69) is 60.7 Å².